The molecule has 4 aliphatic carbocycles. The van der Waals surface area contributed by atoms with Crippen molar-refractivity contribution in [3.05, 3.63) is 34.9 Å². The fourth-order valence-corrected chi connectivity index (χ4v) is 9.49. The first-order valence-corrected chi connectivity index (χ1v) is 14.8. The van der Waals surface area contributed by atoms with Crippen molar-refractivity contribution in [1.29, 1.82) is 0 Å². The Kier molecular flexibility index (Phi) is 6.14. The molecule has 1 N–H and O–H groups in total. The monoisotopic (exact) mass is 508 g/mol. The molecule has 0 spiro atoms. The Labute approximate surface area is 221 Å². The van der Waals surface area contributed by atoms with Crippen molar-refractivity contribution in [1.82, 2.24) is 5.32 Å². The Morgan fingerprint density at radius 2 is 1.72 bits per heavy atom. The fraction of sp³-hybridized carbons (Fsp3) is 0.710. The van der Waals surface area contributed by atoms with E-state index < -0.39 is 0 Å². The summed E-state index contributed by atoms with van der Waals surface area (Å²) < 4.78 is 0. The van der Waals surface area contributed by atoms with Crippen LogP contribution in [0.15, 0.2) is 29.3 Å². The lowest BCUT2D eigenvalue weighted by Gasteiger charge is -2.56. The van der Waals surface area contributed by atoms with Crippen LogP contribution in [0.25, 0.3) is 0 Å². The number of carbonyl (C=O) groups is 2. The molecule has 0 radical (unpaired) electrons. The average Bonchev–Trinajstić information content (AvgIpc) is 3.23. The Morgan fingerprint density at radius 3 is 2.47 bits per heavy atom. The van der Waals surface area contributed by atoms with Crippen LogP contribution < -0.4 is 5.32 Å². The third kappa shape index (κ3) is 3.80. The molecule has 4 nitrogen and oxygen atoms in total. The summed E-state index contributed by atoms with van der Waals surface area (Å²) in [5.74, 6) is 2.40. The van der Waals surface area contributed by atoms with Gasteiger partial charge in [-0.25, -0.2) is 0 Å². The highest BCUT2D eigenvalue weighted by atomic mass is 35.5. The van der Waals surface area contributed by atoms with Gasteiger partial charge in [-0.2, -0.15) is 0 Å². The van der Waals surface area contributed by atoms with Crippen LogP contribution in [-0.4, -0.2) is 23.9 Å². The van der Waals surface area contributed by atoms with Crippen LogP contribution in [0, 0.1) is 34.5 Å². The molecule has 6 rings (SSSR count). The van der Waals surface area contributed by atoms with Crippen LogP contribution in [0.3, 0.4) is 0 Å². The first-order chi connectivity index (χ1) is 17.3. The lowest BCUT2D eigenvalue weighted by molar-refractivity contribution is -0.134. The molecular formula is C31H41ClN2O2. The standard InChI is InChI=1S/C31H41ClN2O2/c1-29-17-13-25-23(19-33-27-18-22(35)12-16-30(25,27)2)24(29)10-11-26(29)28(36)34-31(14-4-3-5-15-31)20-6-8-21(32)9-7-20/h6-9,23-26H,3-5,10-19H2,1-2H3,(H,34,36)/t23-,24-,25+,26?,29-,30+/m0/s1. The van der Waals surface area contributed by atoms with Crippen molar-refractivity contribution in [2.45, 2.75) is 96.4 Å². The summed E-state index contributed by atoms with van der Waals surface area (Å²) in [6.07, 6.45) is 12.2. The number of Topliss-reactive ketones (excluding diaryl/α,β-unsaturated/α-hetero) is 1. The molecule has 0 bridgehead atoms. The molecule has 4 fully saturated rings. The van der Waals surface area contributed by atoms with E-state index in [1.807, 2.05) is 12.1 Å². The maximum absolute atomic E-state index is 14.1. The van der Waals surface area contributed by atoms with Gasteiger partial charge in [0, 0.05) is 41.5 Å². The van der Waals surface area contributed by atoms with Gasteiger partial charge in [0.2, 0.25) is 5.91 Å². The zero-order valence-electron chi connectivity index (χ0n) is 22.0. The molecule has 1 aliphatic heterocycles. The smallest absolute Gasteiger partial charge is 0.224 e. The molecule has 1 aromatic rings. The second kappa shape index (κ2) is 8.96. The Morgan fingerprint density at radius 1 is 0.972 bits per heavy atom. The third-order valence-corrected chi connectivity index (χ3v) is 11.7. The van der Waals surface area contributed by atoms with Gasteiger partial charge in [0.25, 0.3) is 0 Å². The van der Waals surface area contributed by atoms with Crippen LogP contribution in [0.5, 0.6) is 0 Å². The third-order valence-electron chi connectivity index (χ3n) is 11.5. The van der Waals surface area contributed by atoms with E-state index in [0.29, 0.717) is 36.4 Å². The topological polar surface area (TPSA) is 58.5 Å². The number of benzene rings is 1. The number of hydrogen-bond acceptors (Lipinski definition) is 3. The molecule has 1 aromatic carbocycles. The van der Waals surface area contributed by atoms with E-state index in [1.165, 1.54) is 17.7 Å². The molecule has 36 heavy (non-hydrogen) atoms. The van der Waals surface area contributed by atoms with E-state index in [4.69, 9.17) is 16.6 Å². The number of halogens is 1. The van der Waals surface area contributed by atoms with Gasteiger partial charge >= 0.3 is 0 Å². The van der Waals surface area contributed by atoms with E-state index in [-0.39, 0.29) is 28.2 Å². The lowest BCUT2D eigenvalue weighted by Crippen LogP contribution is -2.56. The van der Waals surface area contributed by atoms with Gasteiger partial charge in [0.1, 0.15) is 5.78 Å². The number of carbonyl (C=O) groups excluding carboxylic acids is 2. The number of amides is 1. The van der Waals surface area contributed by atoms with Gasteiger partial charge in [-0.1, -0.05) is 56.8 Å². The summed E-state index contributed by atoms with van der Waals surface area (Å²) in [4.78, 5) is 31.3. The average molecular weight is 509 g/mol. The van der Waals surface area contributed by atoms with E-state index in [9.17, 15) is 9.59 Å². The number of hydrogen-bond donors (Lipinski definition) is 1. The van der Waals surface area contributed by atoms with E-state index in [0.717, 1.165) is 69.4 Å². The van der Waals surface area contributed by atoms with Gasteiger partial charge in [-0.05, 0) is 85.8 Å². The van der Waals surface area contributed by atoms with Crippen molar-refractivity contribution in [2.24, 2.45) is 39.5 Å². The molecule has 1 unspecified atom stereocenters. The molecule has 5 aliphatic rings. The second-order valence-corrected chi connectivity index (χ2v) is 13.5. The molecule has 6 atom stereocenters. The molecule has 4 saturated carbocycles. The van der Waals surface area contributed by atoms with Crippen LogP contribution in [0.4, 0.5) is 0 Å². The molecule has 1 heterocycles. The number of fused-ring (bicyclic) bond motifs is 5. The largest absolute Gasteiger partial charge is 0.346 e. The molecule has 1 amide bonds. The summed E-state index contributed by atoms with van der Waals surface area (Å²) in [6, 6.07) is 8.16. The Bertz CT molecular complexity index is 1070. The summed E-state index contributed by atoms with van der Waals surface area (Å²) in [5.41, 5.74) is 2.24. The normalized spacial score (nSPS) is 39.4. The van der Waals surface area contributed by atoms with Crippen molar-refractivity contribution >= 4 is 29.0 Å². The van der Waals surface area contributed by atoms with Gasteiger partial charge in [0.15, 0.2) is 0 Å². The first-order valence-electron chi connectivity index (χ1n) is 14.4. The number of ketones is 1. The predicted molar refractivity (Wildman–Crippen MR) is 144 cm³/mol. The van der Waals surface area contributed by atoms with Crippen molar-refractivity contribution in [3.8, 4) is 0 Å². The minimum atomic E-state index is -0.266. The van der Waals surface area contributed by atoms with Crippen LogP contribution in [0.2, 0.25) is 5.02 Å². The van der Waals surface area contributed by atoms with Gasteiger partial charge < -0.3 is 5.32 Å². The van der Waals surface area contributed by atoms with Crippen LogP contribution in [0.1, 0.15) is 96.5 Å². The van der Waals surface area contributed by atoms with E-state index >= 15 is 0 Å². The second-order valence-electron chi connectivity index (χ2n) is 13.1. The zero-order chi connectivity index (χ0) is 25.1. The van der Waals surface area contributed by atoms with Crippen molar-refractivity contribution < 1.29 is 9.59 Å². The van der Waals surface area contributed by atoms with Gasteiger partial charge in [0.05, 0.1) is 5.54 Å². The van der Waals surface area contributed by atoms with Crippen molar-refractivity contribution in [3.63, 3.8) is 0 Å². The predicted octanol–water partition coefficient (Wildman–Crippen LogP) is 6.89. The van der Waals surface area contributed by atoms with Crippen LogP contribution >= 0.6 is 11.6 Å². The molecule has 194 valence electrons. The van der Waals surface area contributed by atoms with Gasteiger partial charge in [-0.3, -0.25) is 14.6 Å². The Balaban J connectivity index is 1.24. The summed E-state index contributed by atoms with van der Waals surface area (Å²) >= 11 is 6.20. The number of nitrogens with one attached hydrogen (secondary N) is 1. The lowest BCUT2D eigenvalue weighted by atomic mass is 9.49. The first kappa shape index (κ1) is 24.6. The number of nitrogens with zero attached hydrogens (tertiary/aromatic N) is 1. The molecular weight excluding hydrogens is 468 g/mol. The highest BCUT2D eigenvalue weighted by Gasteiger charge is 2.60. The van der Waals surface area contributed by atoms with Gasteiger partial charge in [-0.15, -0.1) is 0 Å². The molecule has 0 saturated heterocycles. The molecule has 5 heteroatoms. The maximum atomic E-state index is 14.1. The summed E-state index contributed by atoms with van der Waals surface area (Å²) in [7, 11) is 0. The number of rotatable bonds is 3. The minimum Gasteiger partial charge on any atom is -0.346 e. The van der Waals surface area contributed by atoms with E-state index in [2.05, 4.69) is 31.3 Å². The number of aliphatic imine (C=N–C) groups is 1. The van der Waals surface area contributed by atoms with Crippen molar-refractivity contribution in [2.75, 3.05) is 6.54 Å². The van der Waals surface area contributed by atoms with Crippen LogP contribution in [-0.2, 0) is 15.1 Å². The minimum absolute atomic E-state index is 0.0367. The fourth-order valence-electron chi connectivity index (χ4n) is 9.37. The summed E-state index contributed by atoms with van der Waals surface area (Å²) in [6.45, 7) is 5.65. The molecule has 0 aromatic heterocycles. The maximum Gasteiger partial charge on any atom is 0.224 e. The Hall–Kier alpha value is -1.68. The van der Waals surface area contributed by atoms with E-state index in [1.54, 1.807) is 0 Å². The summed E-state index contributed by atoms with van der Waals surface area (Å²) in [5, 5.41) is 4.39. The highest BCUT2D eigenvalue weighted by Crippen LogP contribution is 2.63. The SMILES string of the molecule is C[C@]12CCC(=O)CC1=NC[C@@H]1[C@H]2CC[C@]2(C)C(C(=O)NC3(c4ccc(Cl)cc4)CCCCC3)CC[C@@H]12. The highest BCUT2D eigenvalue weighted by molar-refractivity contribution is 6.30. The quantitative estimate of drug-likeness (QED) is 0.483. The zero-order valence-corrected chi connectivity index (χ0v) is 22.7.